The van der Waals surface area contributed by atoms with Crippen LogP contribution in [0.15, 0.2) is 72.9 Å². The first-order chi connectivity index (χ1) is 26.4. The monoisotopic (exact) mass is 798 g/mol. The Morgan fingerprint density at radius 1 is 0.509 bits per heavy atom. The number of unbranched alkanes of at least 4 members (excludes halogenated alkanes) is 6. The van der Waals surface area contributed by atoms with Gasteiger partial charge in [0.25, 0.3) is 0 Å². The molecule has 0 amide bonds. The van der Waals surface area contributed by atoms with E-state index in [-0.39, 0.29) is 18.6 Å². The van der Waals surface area contributed by atoms with E-state index in [4.69, 9.17) is 0 Å². The van der Waals surface area contributed by atoms with Gasteiger partial charge in [-0.05, 0) is 0 Å². The summed E-state index contributed by atoms with van der Waals surface area (Å²) in [5.74, 6) is -2.74. The number of rotatable bonds is 24. The molecule has 55 heavy (non-hydrogen) atoms. The minimum absolute atomic E-state index is 0.0866. The summed E-state index contributed by atoms with van der Waals surface area (Å²) in [7, 11) is 0. The number of allylic oxidation sites excluding steroid dienone is 8. The Bertz CT molecular complexity index is 1510. The van der Waals surface area contributed by atoms with Crippen LogP contribution in [0.5, 0.6) is 0 Å². The molecule has 0 bridgehead atoms. The van der Waals surface area contributed by atoms with Gasteiger partial charge in [-0.15, -0.1) is 0 Å². The van der Waals surface area contributed by atoms with Gasteiger partial charge >= 0.3 is 337 Å². The quantitative estimate of drug-likeness (QED) is 0.0593. The van der Waals surface area contributed by atoms with Crippen LogP contribution in [0.2, 0.25) is 8.45 Å². The van der Waals surface area contributed by atoms with Crippen molar-refractivity contribution in [3.05, 3.63) is 96.1 Å². The van der Waals surface area contributed by atoms with Crippen molar-refractivity contribution in [2.75, 3.05) is 36.0 Å². The Morgan fingerprint density at radius 2 is 0.855 bits per heavy atom. The van der Waals surface area contributed by atoms with Gasteiger partial charge in [0.05, 0.1) is 0 Å². The molecular formula is C48H70F4N2Ti. The van der Waals surface area contributed by atoms with Crippen molar-refractivity contribution in [1.82, 2.24) is 0 Å². The second-order valence-electron chi connectivity index (χ2n) is 17.0. The number of nitrogens with zero attached hydrogens (tertiary/aromatic N) is 2. The third-order valence-electron chi connectivity index (χ3n) is 13.3. The van der Waals surface area contributed by atoms with E-state index < -0.39 is 48.3 Å². The fourth-order valence-electron chi connectivity index (χ4n) is 8.71. The van der Waals surface area contributed by atoms with E-state index in [1.807, 2.05) is 48.6 Å². The van der Waals surface area contributed by atoms with Gasteiger partial charge in [-0.2, -0.15) is 0 Å². The van der Waals surface area contributed by atoms with Crippen LogP contribution in [0, 0.1) is 34.1 Å². The maximum atomic E-state index is 18.1. The molecular weight excluding hydrogens is 728 g/mol. The summed E-state index contributed by atoms with van der Waals surface area (Å²) in [6, 6.07) is 5.90. The van der Waals surface area contributed by atoms with Gasteiger partial charge in [0.15, 0.2) is 0 Å². The van der Waals surface area contributed by atoms with Crippen LogP contribution in [0.3, 0.4) is 0 Å². The van der Waals surface area contributed by atoms with Crippen molar-refractivity contribution in [2.24, 2.45) is 10.8 Å². The number of halogens is 4. The van der Waals surface area contributed by atoms with Gasteiger partial charge in [-0.1, -0.05) is 0 Å². The number of hydrogen-bond donors (Lipinski definition) is 0. The number of anilines is 2. The summed E-state index contributed by atoms with van der Waals surface area (Å²) >= 11 is -4.98. The third-order valence-corrected chi connectivity index (χ3v) is 21.8. The van der Waals surface area contributed by atoms with Crippen molar-refractivity contribution in [3.63, 3.8) is 0 Å². The topological polar surface area (TPSA) is 6.48 Å². The molecule has 0 aliphatic heterocycles. The van der Waals surface area contributed by atoms with Gasteiger partial charge in [0.2, 0.25) is 0 Å². The van der Waals surface area contributed by atoms with Crippen LogP contribution < -0.4 is 17.5 Å². The van der Waals surface area contributed by atoms with E-state index >= 15 is 17.6 Å². The predicted octanol–water partition coefficient (Wildman–Crippen LogP) is 13.6. The molecule has 0 fully saturated rings. The van der Waals surface area contributed by atoms with Gasteiger partial charge in [-0.25, -0.2) is 0 Å². The zero-order valence-corrected chi connectivity index (χ0v) is 36.9. The summed E-state index contributed by atoms with van der Waals surface area (Å²) in [5.41, 5.74) is 0.501. The SMILES string of the molecule is CCCCCCN(CC(C)(CC)CC)c1ccc(F)[c]([Ti]([c]2c(F)ccc(N(CCCCCC)CC(C)(CC)CC)c2F)([CH]2C=CC=C2)[CH]2C=CC=C2)c1F. The van der Waals surface area contributed by atoms with Gasteiger partial charge in [0, 0.05) is 0 Å². The molecule has 4 rings (SSSR count). The van der Waals surface area contributed by atoms with E-state index in [9.17, 15) is 0 Å². The molecule has 2 aliphatic rings. The van der Waals surface area contributed by atoms with E-state index in [1.54, 1.807) is 12.1 Å². The first kappa shape index (κ1) is 45.1. The molecule has 0 atom stereocenters. The molecule has 0 aromatic heterocycles. The van der Waals surface area contributed by atoms with Crippen molar-refractivity contribution in [3.8, 4) is 0 Å². The summed E-state index contributed by atoms with van der Waals surface area (Å²) in [5, 5.41) is 0. The molecule has 2 aliphatic carbocycles. The fraction of sp³-hybridized carbons (Fsp3) is 0.583. The standard InChI is InChI=1S/2C19H30F2N.2C5H5.Ti/c2*1-5-8-9-10-13-22(15-19(4,6-2)7-3)18-12-11-16(20)14-17(18)21;2*1-2-4-5-3-1;/h2*11-12H,5-10,13,15H2,1-4H3;2*1-5H;. The fourth-order valence-corrected chi connectivity index (χ4v) is 17.5. The summed E-state index contributed by atoms with van der Waals surface area (Å²) in [6.45, 7) is 19.9. The molecule has 7 heteroatoms. The van der Waals surface area contributed by atoms with E-state index in [1.165, 1.54) is 12.1 Å². The normalized spacial score (nSPS) is 14.9. The molecule has 0 saturated heterocycles. The molecule has 2 aromatic rings. The van der Waals surface area contributed by atoms with E-state index in [0.29, 0.717) is 37.6 Å². The average Bonchev–Trinajstić information content (AvgIpc) is 3.93. The van der Waals surface area contributed by atoms with Crippen molar-refractivity contribution in [1.29, 1.82) is 0 Å². The Balaban J connectivity index is 2.06. The first-order valence-corrected chi connectivity index (χ1v) is 24.9. The van der Waals surface area contributed by atoms with Crippen LogP contribution in [-0.4, -0.2) is 26.2 Å². The summed E-state index contributed by atoms with van der Waals surface area (Å²) < 4.78 is 69.2. The molecule has 304 valence electrons. The predicted molar refractivity (Wildman–Crippen MR) is 226 cm³/mol. The van der Waals surface area contributed by atoms with E-state index in [0.717, 1.165) is 77.0 Å². The second-order valence-corrected chi connectivity index (χ2v) is 23.3. The number of hydrogen-bond acceptors (Lipinski definition) is 2. The number of benzene rings is 2. The molecule has 0 heterocycles. The van der Waals surface area contributed by atoms with Crippen molar-refractivity contribution in [2.45, 2.75) is 141 Å². The molecule has 0 spiro atoms. The zero-order valence-electron chi connectivity index (χ0n) is 35.3. The van der Waals surface area contributed by atoms with Crippen molar-refractivity contribution < 1.29 is 34.2 Å². The Kier molecular flexibility index (Phi) is 17.0. The van der Waals surface area contributed by atoms with Crippen LogP contribution in [0.4, 0.5) is 28.9 Å². The first-order valence-electron chi connectivity index (χ1n) is 21.6. The molecule has 0 saturated carbocycles. The van der Waals surface area contributed by atoms with Gasteiger partial charge in [0.1, 0.15) is 0 Å². The van der Waals surface area contributed by atoms with E-state index in [2.05, 4.69) is 65.2 Å². The van der Waals surface area contributed by atoms with Crippen LogP contribution in [-0.2, 0) is 16.6 Å². The Hall–Kier alpha value is -2.57. The molecule has 0 unspecified atom stereocenters. The average molecular weight is 799 g/mol. The van der Waals surface area contributed by atoms with Crippen LogP contribution in [0.25, 0.3) is 0 Å². The summed E-state index contributed by atoms with van der Waals surface area (Å²) in [4.78, 5) is 4.21. The zero-order chi connectivity index (χ0) is 40.2. The summed E-state index contributed by atoms with van der Waals surface area (Å²) in [6.07, 6.45) is 27.0. The second kappa shape index (κ2) is 20.7. The molecule has 2 nitrogen and oxygen atoms in total. The maximum absolute atomic E-state index is 18.1. The third kappa shape index (κ3) is 10.1. The van der Waals surface area contributed by atoms with Crippen LogP contribution >= 0.6 is 0 Å². The molecule has 0 N–H and O–H groups in total. The Morgan fingerprint density at radius 3 is 1.16 bits per heavy atom. The molecule has 2 aromatic carbocycles. The van der Waals surface area contributed by atoms with Crippen molar-refractivity contribution >= 4 is 19.1 Å². The minimum atomic E-state index is -4.98. The van der Waals surface area contributed by atoms with Gasteiger partial charge < -0.3 is 0 Å². The van der Waals surface area contributed by atoms with Crippen LogP contribution in [0.1, 0.15) is 132 Å². The molecule has 0 radical (unpaired) electrons. The van der Waals surface area contributed by atoms with Gasteiger partial charge in [-0.3, -0.25) is 0 Å². The Labute approximate surface area is 335 Å².